The van der Waals surface area contributed by atoms with Crippen molar-refractivity contribution in [2.75, 3.05) is 19.6 Å². The van der Waals surface area contributed by atoms with Crippen LogP contribution in [-0.4, -0.2) is 50.2 Å². The first kappa shape index (κ1) is 15.5. The fourth-order valence-electron chi connectivity index (χ4n) is 3.04. The zero-order valence-electron chi connectivity index (χ0n) is 13.6. The first-order chi connectivity index (χ1) is 12.3. The fraction of sp³-hybridized carbons (Fsp3) is 0.222. The number of amides is 1. The second-order valence-electron chi connectivity index (χ2n) is 5.94. The lowest BCUT2D eigenvalue weighted by Gasteiger charge is -2.34. The second kappa shape index (κ2) is 6.82. The Hall–Kier alpha value is -3.06. The maximum absolute atomic E-state index is 12.9. The maximum Gasteiger partial charge on any atom is 0.254 e. The van der Waals surface area contributed by atoms with Crippen LogP contribution in [0.4, 0.5) is 0 Å². The number of carbonyl (C=O) groups is 1. The van der Waals surface area contributed by atoms with Gasteiger partial charge in [0, 0.05) is 37.4 Å². The summed E-state index contributed by atoms with van der Waals surface area (Å²) in [5.41, 5.74) is 1.81. The minimum absolute atomic E-state index is 0.0131. The molecule has 1 N–H and O–H groups in total. The molecule has 1 fully saturated rings. The summed E-state index contributed by atoms with van der Waals surface area (Å²) >= 11 is 0. The Morgan fingerprint density at radius 2 is 1.92 bits per heavy atom. The quantitative estimate of drug-likeness (QED) is 0.784. The standard InChI is InChI=1S/C18H18N6O/c25-18(15-6-7-20-17(10-15)24-12-21-22-13-24)23-9-8-19-16(11-23)14-4-2-1-3-5-14/h1-7,10,12-13,16,19H,8-9,11H2/t16-/m1/s1. The van der Waals surface area contributed by atoms with E-state index in [9.17, 15) is 4.79 Å². The number of carbonyl (C=O) groups excluding carboxylic acids is 1. The summed E-state index contributed by atoms with van der Waals surface area (Å²) < 4.78 is 1.68. The van der Waals surface area contributed by atoms with Crippen molar-refractivity contribution in [3.8, 4) is 5.82 Å². The molecular formula is C18H18N6O. The monoisotopic (exact) mass is 334 g/mol. The minimum Gasteiger partial charge on any atom is -0.335 e. The number of piperazine rings is 1. The van der Waals surface area contributed by atoms with Crippen LogP contribution >= 0.6 is 0 Å². The van der Waals surface area contributed by atoms with E-state index in [0.29, 0.717) is 24.5 Å². The van der Waals surface area contributed by atoms with Crippen LogP contribution < -0.4 is 5.32 Å². The van der Waals surface area contributed by atoms with Gasteiger partial charge in [-0.25, -0.2) is 4.98 Å². The molecule has 0 aliphatic carbocycles. The normalized spacial score (nSPS) is 17.4. The Morgan fingerprint density at radius 3 is 2.72 bits per heavy atom. The molecule has 0 saturated carbocycles. The van der Waals surface area contributed by atoms with E-state index in [-0.39, 0.29) is 11.9 Å². The number of nitrogens with one attached hydrogen (secondary N) is 1. The molecule has 2 aromatic heterocycles. The highest BCUT2D eigenvalue weighted by Gasteiger charge is 2.25. The van der Waals surface area contributed by atoms with Gasteiger partial charge in [0.15, 0.2) is 0 Å². The number of nitrogens with zero attached hydrogens (tertiary/aromatic N) is 5. The Kier molecular flexibility index (Phi) is 4.22. The van der Waals surface area contributed by atoms with Crippen LogP contribution in [0.3, 0.4) is 0 Å². The van der Waals surface area contributed by atoms with Crippen LogP contribution in [0, 0.1) is 0 Å². The number of pyridine rings is 1. The molecule has 1 saturated heterocycles. The van der Waals surface area contributed by atoms with Crippen molar-refractivity contribution in [3.63, 3.8) is 0 Å². The van der Waals surface area contributed by atoms with E-state index in [1.807, 2.05) is 23.1 Å². The van der Waals surface area contributed by atoms with Crippen LogP contribution in [0.1, 0.15) is 22.0 Å². The molecule has 1 aromatic carbocycles. The average molecular weight is 334 g/mol. The van der Waals surface area contributed by atoms with Crippen LogP contribution in [0.5, 0.6) is 0 Å². The number of rotatable bonds is 3. The Balaban J connectivity index is 1.53. The molecule has 0 unspecified atom stereocenters. The van der Waals surface area contributed by atoms with Crippen molar-refractivity contribution in [1.29, 1.82) is 0 Å². The molecule has 7 nitrogen and oxygen atoms in total. The third-order valence-electron chi connectivity index (χ3n) is 4.34. The predicted molar refractivity (Wildman–Crippen MR) is 92.2 cm³/mol. The van der Waals surface area contributed by atoms with Gasteiger partial charge >= 0.3 is 0 Å². The van der Waals surface area contributed by atoms with Gasteiger partial charge in [-0.05, 0) is 17.7 Å². The van der Waals surface area contributed by atoms with Crippen molar-refractivity contribution < 1.29 is 4.79 Å². The topological polar surface area (TPSA) is 75.9 Å². The molecule has 1 aliphatic heterocycles. The number of aromatic nitrogens is 4. The first-order valence-electron chi connectivity index (χ1n) is 8.20. The smallest absolute Gasteiger partial charge is 0.254 e. The van der Waals surface area contributed by atoms with E-state index in [1.165, 1.54) is 5.56 Å². The van der Waals surface area contributed by atoms with Gasteiger partial charge in [0.05, 0.1) is 0 Å². The average Bonchev–Trinajstić information content (AvgIpc) is 3.23. The predicted octanol–water partition coefficient (Wildman–Crippen LogP) is 1.45. The molecule has 3 heterocycles. The van der Waals surface area contributed by atoms with Gasteiger partial charge in [-0.3, -0.25) is 9.36 Å². The van der Waals surface area contributed by atoms with Crippen molar-refractivity contribution in [1.82, 2.24) is 30.0 Å². The van der Waals surface area contributed by atoms with Gasteiger partial charge in [0.25, 0.3) is 5.91 Å². The van der Waals surface area contributed by atoms with E-state index in [4.69, 9.17) is 0 Å². The third-order valence-corrected chi connectivity index (χ3v) is 4.34. The second-order valence-corrected chi connectivity index (χ2v) is 5.94. The summed E-state index contributed by atoms with van der Waals surface area (Å²) in [6, 6.07) is 13.9. The summed E-state index contributed by atoms with van der Waals surface area (Å²) in [6.07, 6.45) is 4.76. The molecule has 1 atom stereocenters. The molecule has 7 heteroatoms. The lowest BCUT2D eigenvalue weighted by molar-refractivity contribution is 0.0703. The van der Waals surface area contributed by atoms with Gasteiger partial charge in [-0.2, -0.15) is 0 Å². The first-order valence-corrected chi connectivity index (χ1v) is 8.20. The number of hydrogen-bond donors (Lipinski definition) is 1. The van der Waals surface area contributed by atoms with E-state index in [1.54, 1.807) is 35.6 Å². The number of benzene rings is 1. The summed E-state index contributed by atoms with van der Waals surface area (Å²) in [7, 11) is 0. The summed E-state index contributed by atoms with van der Waals surface area (Å²) in [4.78, 5) is 19.1. The van der Waals surface area contributed by atoms with Crippen molar-refractivity contribution in [2.45, 2.75) is 6.04 Å². The molecular weight excluding hydrogens is 316 g/mol. The van der Waals surface area contributed by atoms with Crippen molar-refractivity contribution in [3.05, 3.63) is 72.4 Å². The molecule has 0 bridgehead atoms. The molecule has 0 spiro atoms. The van der Waals surface area contributed by atoms with Gasteiger partial charge in [-0.1, -0.05) is 30.3 Å². The molecule has 1 aliphatic rings. The minimum atomic E-state index is 0.0131. The lowest BCUT2D eigenvalue weighted by atomic mass is 10.0. The van der Waals surface area contributed by atoms with Gasteiger partial charge < -0.3 is 10.2 Å². The SMILES string of the molecule is O=C(c1ccnc(-n2cnnc2)c1)N1CCN[C@@H](c2ccccc2)C1. The highest BCUT2D eigenvalue weighted by atomic mass is 16.2. The zero-order chi connectivity index (χ0) is 17.1. The van der Waals surface area contributed by atoms with Crippen molar-refractivity contribution in [2.24, 2.45) is 0 Å². The summed E-state index contributed by atoms with van der Waals surface area (Å²) in [6.45, 7) is 2.11. The summed E-state index contributed by atoms with van der Waals surface area (Å²) in [5, 5.41) is 11.0. The molecule has 1 amide bonds. The van der Waals surface area contributed by atoms with E-state index >= 15 is 0 Å². The Morgan fingerprint density at radius 1 is 1.12 bits per heavy atom. The number of hydrogen-bond acceptors (Lipinski definition) is 5. The third kappa shape index (κ3) is 3.27. The van der Waals surface area contributed by atoms with Gasteiger partial charge in [-0.15, -0.1) is 10.2 Å². The van der Waals surface area contributed by atoms with Gasteiger partial charge in [0.1, 0.15) is 18.5 Å². The molecule has 4 rings (SSSR count). The maximum atomic E-state index is 12.9. The van der Waals surface area contributed by atoms with Crippen molar-refractivity contribution >= 4 is 5.91 Å². The highest BCUT2D eigenvalue weighted by molar-refractivity contribution is 5.94. The fourth-order valence-corrected chi connectivity index (χ4v) is 3.04. The van der Waals surface area contributed by atoms with Crippen LogP contribution in [0.15, 0.2) is 61.3 Å². The highest BCUT2D eigenvalue weighted by Crippen LogP contribution is 2.19. The van der Waals surface area contributed by atoms with Crippen LogP contribution in [0.2, 0.25) is 0 Å². The summed E-state index contributed by atoms with van der Waals surface area (Å²) in [5.74, 6) is 0.643. The Labute approximate surface area is 145 Å². The van der Waals surface area contributed by atoms with E-state index in [2.05, 4.69) is 32.6 Å². The van der Waals surface area contributed by atoms with E-state index < -0.39 is 0 Å². The molecule has 0 radical (unpaired) electrons. The molecule has 3 aromatic rings. The molecule has 25 heavy (non-hydrogen) atoms. The van der Waals surface area contributed by atoms with Crippen LogP contribution in [0.25, 0.3) is 5.82 Å². The molecule has 126 valence electrons. The van der Waals surface area contributed by atoms with Gasteiger partial charge in [0.2, 0.25) is 0 Å². The zero-order valence-corrected chi connectivity index (χ0v) is 13.6. The lowest BCUT2D eigenvalue weighted by Crippen LogP contribution is -2.48. The largest absolute Gasteiger partial charge is 0.335 e. The Bertz CT molecular complexity index is 849. The van der Waals surface area contributed by atoms with E-state index in [0.717, 1.165) is 6.54 Å². The van der Waals surface area contributed by atoms with Crippen LogP contribution in [-0.2, 0) is 0 Å².